The van der Waals surface area contributed by atoms with Gasteiger partial charge in [-0.05, 0) is 19.3 Å². The maximum Gasteiger partial charge on any atom is 0.110 e. The highest BCUT2D eigenvalue weighted by Crippen LogP contribution is 2.35. The van der Waals surface area contributed by atoms with Crippen LogP contribution < -0.4 is 0 Å². The molecule has 0 aliphatic carbocycles. The third kappa shape index (κ3) is 3.31. The van der Waals surface area contributed by atoms with E-state index in [4.69, 9.17) is 9.72 Å². The topological polar surface area (TPSA) is 69.1 Å². The van der Waals surface area contributed by atoms with Gasteiger partial charge in [0, 0.05) is 31.6 Å². The summed E-state index contributed by atoms with van der Waals surface area (Å²) in [5, 5.41) is 23.6. The van der Waals surface area contributed by atoms with Gasteiger partial charge < -0.3 is 14.9 Å². The fraction of sp³-hybridized carbons (Fsp3) is 0.812. The van der Waals surface area contributed by atoms with Crippen molar-refractivity contribution in [2.45, 2.75) is 43.6 Å². The number of aromatic nitrogens is 1. The second kappa shape index (κ2) is 6.38. The molecule has 128 valence electrons. The number of aliphatic hydroxyl groups excluding tert-OH is 1. The highest BCUT2D eigenvalue weighted by atomic mass is 32.1. The molecule has 6 nitrogen and oxygen atoms in total. The molecule has 3 fully saturated rings. The summed E-state index contributed by atoms with van der Waals surface area (Å²) in [4.78, 5) is 9.36. The molecule has 0 spiro atoms. The molecule has 1 aromatic heterocycles. The van der Waals surface area contributed by atoms with Gasteiger partial charge in [0.15, 0.2) is 0 Å². The summed E-state index contributed by atoms with van der Waals surface area (Å²) in [7, 11) is 0. The number of likely N-dealkylation sites (tertiary alicyclic amines) is 2. The zero-order valence-corrected chi connectivity index (χ0v) is 14.2. The van der Waals surface area contributed by atoms with Crippen molar-refractivity contribution < 1.29 is 14.9 Å². The zero-order chi connectivity index (χ0) is 15.9. The first-order valence-corrected chi connectivity index (χ1v) is 9.40. The molecule has 4 rings (SSSR count). The van der Waals surface area contributed by atoms with E-state index in [2.05, 4.69) is 9.80 Å². The van der Waals surface area contributed by atoms with E-state index in [9.17, 15) is 10.2 Å². The summed E-state index contributed by atoms with van der Waals surface area (Å²) in [5.74, 6) is 0. The molecule has 0 bridgehead atoms. The van der Waals surface area contributed by atoms with E-state index in [1.807, 2.05) is 5.38 Å². The molecular formula is C16H25N3O3S. The number of rotatable bonds is 4. The van der Waals surface area contributed by atoms with E-state index in [1.54, 1.807) is 11.3 Å². The first-order chi connectivity index (χ1) is 11.1. The number of ether oxygens (including phenoxy) is 1. The minimum Gasteiger partial charge on any atom is -0.392 e. The number of hydrogen-bond acceptors (Lipinski definition) is 7. The number of piperidine rings is 1. The first-order valence-electron chi connectivity index (χ1n) is 8.52. The van der Waals surface area contributed by atoms with Crippen molar-refractivity contribution in [2.75, 3.05) is 39.4 Å². The Morgan fingerprint density at radius 3 is 2.70 bits per heavy atom. The van der Waals surface area contributed by atoms with E-state index >= 15 is 0 Å². The van der Waals surface area contributed by atoms with Crippen LogP contribution in [0.15, 0.2) is 5.38 Å². The molecule has 0 saturated carbocycles. The molecule has 0 amide bonds. The molecule has 4 heterocycles. The monoisotopic (exact) mass is 339 g/mol. The largest absolute Gasteiger partial charge is 0.392 e. The van der Waals surface area contributed by atoms with Crippen molar-refractivity contribution in [3.63, 3.8) is 0 Å². The molecule has 3 aliphatic heterocycles. The summed E-state index contributed by atoms with van der Waals surface area (Å²) in [6.07, 6.45) is 2.14. The molecule has 1 atom stereocenters. The van der Waals surface area contributed by atoms with E-state index < -0.39 is 5.60 Å². The lowest BCUT2D eigenvalue weighted by molar-refractivity contribution is -0.102. The van der Waals surface area contributed by atoms with Crippen LogP contribution in [0.5, 0.6) is 0 Å². The van der Waals surface area contributed by atoms with Crippen molar-refractivity contribution in [3.8, 4) is 0 Å². The number of nitrogens with zero attached hydrogens (tertiary/aromatic N) is 3. The van der Waals surface area contributed by atoms with Crippen molar-refractivity contribution in [2.24, 2.45) is 0 Å². The van der Waals surface area contributed by atoms with E-state index in [1.165, 1.54) is 0 Å². The standard InChI is InChI=1S/C16H25N3O3S/c20-13-1-4-18(7-13)8-15-17-14(11-23-15)16(21)2-5-19(6-3-16)12-9-22-10-12/h11-13,20-21H,1-10H2/t13-/m1/s1. The lowest BCUT2D eigenvalue weighted by atomic mass is 9.88. The molecular weight excluding hydrogens is 314 g/mol. The molecule has 3 aliphatic rings. The van der Waals surface area contributed by atoms with Gasteiger partial charge in [-0.3, -0.25) is 9.80 Å². The van der Waals surface area contributed by atoms with Gasteiger partial charge in [-0.25, -0.2) is 4.98 Å². The summed E-state index contributed by atoms with van der Waals surface area (Å²) < 4.78 is 5.26. The minimum absolute atomic E-state index is 0.196. The number of hydrogen-bond donors (Lipinski definition) is 2. The Morgan fingerprint density at radius 2 is 2.09 bits per heavy atom. The van der Waals surface area contributed by atoms with Gasteiger partial charge >= 0.3 is 0 Å². The lowest BCUT2D eigenvalue weighted by Crippen LogP contribution is -2.54. The van der Waals surface area contributed by atoms with Crippen molar-refractivity contribution in [1.29, 1.82) is 0 Å². The Hall–Kier alpha value is -0.570. The minimum atomic E-state index is -0.777. The Balaban J connectivity index is 1.36. The Kier molecular flexibility index (Phi) is 4.42. The van der Waals surface area contributed by atoms with Gasteiger partial charge in [0.1, 0.15) is 10.6 Å². The molecule has 1 aromatic rings. The maximum atomic E-state index is 11.0. The van der Waals surface area contributed by atoms with Crippen LogP contribution >= 0.6 is 11.3 Å². The summed E-state index contributed by atoms with van der Waals surface area (Å²) in [6, 6.07) is 0.548. The lowest BCUT2D eigenvalue weighted by Gasteiger charge is -2.43. The summed E-state index contributed by atoms with van der Waals surface area (Å²) in [5.41, 5.74) is 0.0576. The predicted octanol–water partition coefficient (Wildman–Crippen LogP) is 0.392. The zero-order valence-electron chi connectivity index (χ0n) is 13.4. The molecule has 7 heteroatoms. The van der Waals surface area contributed by atoms with Crippen LogP contribution in [-0.4, -0.2) is 76.5 Å². The van der Waals surface area contributed by atoms with Crippen LogP contribution in [-0.2, 0) is 16.9 Å². The van der Waals surface area contributed by atoms with Gasteiger partial charge in [-0.2, -0.15) is 0 Å². The predicted molar refractivity (Wildman–Crippen MR) is 87.3 cm³/mol. The second-order valence-corrected chi connectivity index (χ2v) is 8.01. The summed E-state index contributed by atoms with van der Waals surface area (Å²) in [6.45, 7) is 5.94. The van der Waals surface area contributed by atoms with Crippen LogP contribution in [0.1, 0.15) is 30.0 Å². The highest BCUT2D eigenvalue weighted by molar-refractivity contribution is 7.09. The second-order valence-electron chi connectivity index (χ2n) is 7.06. The molecule has 0 aromatic carbocycles. The number of β-amino-alcohol motifs (C(OH)–C–C–N with tert-alkyl or cyclic N) is 1. The van der Waals surface area contributed by atoms with Crippen molar-refractivity contribution in [3.05, 3.63) is 16.1 Å². The van der Waals surface area contributed by atoms with Gasteiger partial charge in [0.25, 0.3) is 0 Å². The quantitative estimate of drug-likeness (QED) is 0.827. The molecule has 23 heavy (non-hydrogen) atoms. The van der Waals surface area contributed by atoms with Gasteiger partial charge in [-0.15, -0.1) is 11.3 Å². The van der Waals surface area contributed by atoms with Crippen molar-refractivity contribution >= 4 is 11.3 Å². The summed E-state index contributed by atoms with van der Waals surface area (Å²) >= 11 is 1.62. The van der Waals surface area contributed by atoms with Crippen molar-refractivity contribution in [1.82, 2.24) is 14.8 Å². The van der Waals surface area contributed by atoms with E-state index in [0.29, 0.717) is 6.04 Å². The maximum absolute atomic E-state index is 11.0. The van der Waals surface area contributed by atoms with Crippen LogP contribution in [0.4, 0.5) is 0 Å². The van der Waals surface area contributed by atoms with Crippen LogP contribution in [0, 0.1) is 0 Å². The molecule has 2 N–H and O–H groups in total. The van der Waals surface area contributed by atoms with Crippen LogP contribution in [0.2, 0.25) is 0 Å². The fourth-order valence-corrected chi connectivity index (χ4v) is 4.62. The Morgan fingerprint density at radius 1 is 1.30 bits per heavy atom. The normalized spacial score (nSPS) is 29.7. The number of aliphatic hydroxyl groups is 2. The van der Waals surface area contributed by atoms with Gasteiger partial charge in [-0.1, -0.05) is 0 Å². The number of thiazole rings is 1. The van der Waals surface area contributed by atoms with E-state index in [0.717, 1.165) is 75.9 Å². The van der Waals surface area contributed by atoms with Gasteiger partial charge in [0.05, 0.1) is 37.6 Å². The van der Waals surface area contributed by atoms with Crippen LogP contribution in [0.3, 0.4) is 0 Å². The Labute approximate surface area is 140 Å². The SMILES string of the molecule is O[C@@H]1CCN(Cc2nc(C3(O)CCN(C4COC4)CC3)cs2)C1. The smallest absolute Gasteiger partial charge is 0.110 e. The van der Waals surface area contributed by atoms with Crippen LogP contribution in [0.25, 0.3) is 0 Å². The Bertz CT molecular complexity index is 540. The highest BCUT2D eigenvalue weighted by Gasteiger charge is 2.39. The third-order valence-electron chi connectivity index (χ3n) is 5.40. The third-order valence-corrected chi connectivity index (χ3v) is 6.23. The average Bonchev–Trinajstić information content (AvgIpc) is 3.10. The first kappa shape index (κ1) is 15.9. The average molecular weight is 339 g/mol. The molecule has 3 saturated heterocycles. The molecule has 0 unspecified atom stereocenters. The van der Waals surface area contributed by atoms with Gasteiger partial charge in [0.2, 0.25) is 0 Å². The molecule has 0 radical (unpaired) electrons. The fourth-order valence-electron chi connectivity index (χ4n) is 3.69. The van der Waals surface area contributed by atoms with E-state index in [-0.39, 0.29) is 6.10 Å².